The molecule has 78 valence electrons. The minimum atomic E-state index is -0.810. The molecule has 0 aromatic heterocycles. The molecule has 0 aliphatic carbocycles. The molecule has 6 nitrogen and oxygen atoms in total. The fraction of sp³-hybridized carbons (Fsp3) is 0.444. The molecule has 15 heavy (non-hydrogen) atoms. The van der Waals surface area contributed by atoms with Gasteiger partial charge in [0, 0.05) is 6.42 Å². The Balaban J connectivity index is 2.15. The number of nitrogens with zero attached hydrogens (tertiary/aromatic N) is 4. The number of aromatic nitrogens is 4. The molecule has 3 aliphatic rings. The van der Waals surface area contributed by atoms with Crippen molar-refractivity contribution < 1.29 is 4.74 Å². The van der Waals surface area contributed by atoms with Crippen LogP contribution in [0.15, 0.2) is 18.9 Å². The minimum Gasteiger partial charge on any atom is -0.342 e. The molecule has 6 heteroatoms. The maximum atomic E-state index is 6.14. The summed E-state index contributed by atoms with van der Waals surface area (Å²) in [6.07, 6.45) is 6.53. The van der Waals surface area contributed by atoms with Crippen LogP contribution in [-0.2, 0) is 10.6 Å². The molecule has 1 atom stereocenters. The second kappa shape index (κ2) is 2.98. The second-order valence-corrected chi connectivity index (χ2v) is 3.64. The SMILES string of the molecule is N[C@@]1(n2cncc3ncnc2-3)CCCO1. The van der Waals surface area contributed by atoms with Gasteiger partial charge in [-0.15, -0.1) is 0 Å². The quantitative estimate of drug-likeness (QED) is 0.717. The van der Waals surface area contributed by atoms with Gasteiger partial charge in [-0.05, 0) is 6.42 Å². The van der Waals surface area contributed by atoms with Crippen LogP contribution in [0.2, 0.25) is 0 Å². The van der Waals surface area contributed by atoms with Crippen molar-refractivity contribution >= 4 is 0 Å². The average Bonchev–Trinajstić information content (AvgIpc) is 2.85. The predicted molar refractivity (Wildman–Crippen MR) is 51.8 cm³/mol. The number of nitrogens with two attached hydrogens (primary N) is 1. The molecule has 3 aliphatic heterocycles. The summed E-state index contributed by atoms with van der Waals surface area (Å²) in [4.78, 5) is 12.3. The lowest BCUT2D eigenvalue weighted by Gasteiger charge is -2.27. The molecule has 1 fully saturated rings. The van der Waals surface area contributed by atoms with Gasteiger partial charge in [-0.25, -0.2) is 15.0 Å². The van der Waals surface area contributed by atoms with Crippen LogP contribution < -0.4 is 5.73 Å². The van der Waals surface area contributed by atoms with E-state index in [-0.39, 0.29) is 0 Å². The Hall–Kier alpha value is -1.53. The van der Waals surface area contributed by atoms with Crippen LogP contribution in [0.5, 0.6) is 0 Å². The third-order valence-corrected chi connectivity index (χ3v) is 2.65. The van der Waals surface area contributed by atoms with Gasteiger partial charge in [0.1, 0.15) is 12.0 Å². The molecular formula is C9H11N5O. The fourth-order valence-corrected chi connectivity index (χ4v) is 1.89. The number of ether oxygens (including phenoxy) is 1. The molecule has 0 saturated carbocycles. The van der Waals surface area contributed by atoms with E-state index in [1.54, 1.807) is 17.1 Å². The summed E-state index contributed by atoms with van der Waals surface area (Å²) in [5, 5.41) is 0. The molecule has 1 saturated heterocycles. The number of rotatable bonds is 1. The molecule has 0 amide bonds. The van der Waals surface area contributed by atoms with Gasteiger partial charge in [0.2, 0.25) is 5.85 Å². The lowest BCUT2D eigenvalue weighted by molar-refractivity contribution is -0.0575. The zero-order valence-corrected chi connectivity index (χ0v) is 8.13. The third-order valence-electron chi connectivity index (χ3n) is 2.65. The van der Waals surface area contributed by atoms with E-state index in [0.29, 0.717) is 6.61 Å². The summed E-state index contributed by atoms with van der Waals surface area (Å²) in [6, 6.07) is 0. The smallest absolute Gasteiger partial charge is 0.201 e. The van der Waals surface area contributed by atoms with Crippen molar-refractivity contribution in [3.05, 3.63) is 18.9 Å². The van der Waals surface area contributed by atoms with E-state index >= 15 is 0 Å². The maximum absolute atomic E-state index is 6.14. The molecule has 0 aromatic rings. The van der Waals surface area contributed by atoms with E-state index in [0.717, 1.165) is 24.4 Å². The third kappa shape index (κ3) is 1.22. The molecule has 3 rings (SSSR count). The first-order chi connectivity index (χ1) is 7.30. The highest BCUT2D eigenvalue weighted by molar-refractivity contribution is 5.49. The molecule has 3 heterocycles. The lowest BCUT2D eigenvalue weighted by Crippen LogP contribution is -2.43. The summed E-state index contributed by atoms with van der Waals surface area (Å²) in [6.45, 7) is 0.675. The predicted octanol–water partition coefficient (Wildman–Crippen LogP) is 0.157. The van der Waals surface area contributed by atoms with Crippen LogP contribution in [0.1, 0.15) is 12.8 Å². The summed E-state index contributed by atoms with van der Waals surface area (Å²) < 4.78 is 7.29. The zero-order chi connectivity index (χ0) is 10.3. The highest BCUT2D eigenvalue weighted by Gasteiger charge is 2.34. The highest BCUT2D eigenvalue weighted by atomic mass is 16.5. The van der Waals surface area contributed by atoms with Crippen molar-refractivity contribution in [1.82, 2.24) is 19.5 Å². The largest absolute Gasteiger partial charge is 0.342 e. The van der Waals surface area contributed by atoms with E-state index in [1.807, 2.05) is 0 Å². The van der Waals surface area contributed by atoms with E-state index < -0.39 is 5.85 Å². The Morgan fingerprint density at radius 2 is 2.40 bits per heavy atom. The first-order valence-corrected chi connectivity index (χ1v) is 4.86. The normalized spacial score (nSPS) is 26.2. The topological polar surface area (TPSA) is 78.9 Å². The van der Waals surface area contributed by atoms with Crippen LogP contribution in [-0.4, -0.2) is 26.1 Å². The Labute approximate surface area is 86.5 Å². The Morgan fingerprint density at radius 1 is 1.47 bits per heavy atom. The van der Waals surface area contributed by atoms with Gasteiger partial charge in [0.25, 0.3) is 0 Å². The van der Waals surface area contributed by atoms with Crippen LogP contribution in [0, 0.1) is 0 Å². The van der Waals surface area contributed by atoms with E-state index in [9.17, 15) is 0 Å². The molecule has 2 N–H and O–H groups in total. The zero-order valence-electron chi connectivity index (χ0n) is 8.13. The van der Waals surface area contributed by atoms with Gasteiger partial charge in [0.05, 0.1) is 19.1 Å². The average molecular weight is 205 g/mol. The number of hydrogen-bond donors (Lipinski definition) is 1. The Kier molecular flexibility index (Phi) is 1.74. The van der Waals surface area contributed by atoms with Gasteiger partial charge < -0.3 is 4.74 Å². The fourth-order valence-electron chi connectivity index (χ4n) is 1.89. The standard InChI is InChI=1S/C9H11N5O/c10-9(2-1-3-15-9)14-6-11-4-7-8(14)13-5-12-7/h4-6H,1-3,10H2/t9-/m1/s1. The van der Waals surface area contributed by atoms with Crippen LogP contribution in [0.4, 0.5) is 0 Å². The van der Waals surface area contributed by atoms with Crippen LogP contribution in [0.3, 0.4) is 0 Å². The Bertz CT molecular complexity index is 448. The molecule has 0 spiro atoms. The number of fused-ring (bicyclic) bond motifs is 1. The van der Waals surface area contributed by atoms with Gasteiger partial charge in [0.15, 0.2) is 5.82 Å². The van der Waals surface area contributed by atoms with Gasteiger partial charge in [-0.3, -0.25) is 10.3 Å². The van der Waals surface area contributed by atoms with E-state index in [1.165, 1.54) is 6.33 Å². The molecule has 0 bridgehead atoms. The maximum Gasteiger partial charge on any atom is 0.201 e. The molecule has 0 aromatic carbocycles. The van der Waals surface area contributed by atoms with Gasteiger partial charge >= 0.3 is 0 Å². The summed E-state index contributed by atoms with van der Waals surface area (Å²) in [5.41, 5.74) is 6.87. The number of imidazole rings is 1. The number of hydrogen-bond acceptors (Lipinski definition) is 5. The first-order valence-electron chi connectivity index (χ1n) is 4.86. The van der Waals surface area contributed by atoms with E-state index in [4.69, 9.17) is 10.5 Å². The summed E-state index contributed by atoms with van der Waals surface area (Å²) >= 11 is 0. The van der Waals surface area contributed by atoms with Crippen LogP contribution >= 0.6 is 0 Å². The highest BCUT2D eigenvalue weighted by Crippen LogP contribution is 2.29. The van der Waals surface area contributed by atoms with E-state index in [2.05, 4.69) is 15.0 Å². The second-order valence-electron chi connectivity index (χ2n) is 3.64. The van der Waals surface area contributed by atoms with Gasteiger partial charge in [-0.1, -0.05) is 0 Å². The van der Waals surface area contributed by atoms with Crippen molar-refractivity contribution in [2.24, 2.45) is 5.73 Å². The van der Waals surface area contributed by atoms with Gasteiger partial charge in [-0.2, -0.15) is 0 Å². The molecule has 0 unspecified atom stereocenters. The monoisotopic (exact) mass is 205 g/mol. The lowest BCUT2D eigenvalue weighted by atomic mass is 10.2. The van der Waals surface area contributed by atoms with Crippen LogP contribution in [0.25, 0.3) is 11.5 Å². The van der Waals surface area contributed by atoms with Crippen molar-refractivity contribution in [1.29, 1.82) is 0 Å². The van der Waals surface area contributed by atoms with Crippen molar-refractivity contribution in [3.8, 4) is 11.5 Å². The Morgan fingerprint density at radius 3 is 3.20 bits per heavy atom. The summed E-state index contributed by atoms with van der Waals surface area (Å²) in [5.74, 6) is -0.0929. The van der Waals surface area contributed by atoms with Crippen molar-refractivity contribution in [2.75, 3.05) is 6.61 Å². The molecular weight excluding hydrogens is 194 g/mol. The summed E-state index contributed by atoms with van der Waals surface area (Å²) in [7, 11) is 0. The van der Waals surface area contributed by atoms with Crippen molar-refractivity contribution in [2.45, 2.75) is 18.7 Å². The minimum absolute atomic E-state index is 0.675. The molecule has 0 radical (unpaired) electrons. The van der Waals surface area contributed by atoms with Crippen molar-refractivity contribution in [3.63, 3.8) is 0 Å². The first kappa shape index (κ1) is 8.75.